The van der Waals surface area contributed by atoms with Crippen LogP contribution in [-0.4, -0.2) is 30.8 Å². The van der Waals surface area contributed by atoms with Crippen LogP contribution in [0.1, 0.15) is 29.2 Å². The van der Waals surface area contributed by atoms with Gasteiger partial charge < -0.3 is 20.1 Å². The van der Waals surface area contributed by atoms with Crippen LogP contribution >= 0.6 is 11.3 Å². The first kappa shape index (κ1) is 15.4. The highest BCUT2D eigenvalue weighted by atomic mass is 32.1. The molecule has 0 radical (unpaired) electrons. The van der Waals surface area contributed by atoms with Crippen LogP contribution in [0.3, 0.4) is 0 Å². The van der Waals surface area contributed by atoms with Gasteiger partial charge in [0.15, 0.2) is 16.6 Å². The van der Waals surface area contributed by atoms with Gasteiger partial charge in [-0.2, -0.15) is 0 Å². The summed E-state index contributed by atoms with van der Waals surface area (Å²) in [6.45, 7) is 2.34. The predicted molar refractivity (Wildman–Crippen MR) is 91.9 cm³/mol. The third kappa shape index (κ3) is 3.37. The number of carbonyl (C=O) groups excluding carboxylic acids is 1. The average molecular weight is 345 g/mol. The number of carbonyl (C=O) groups is 1. The van der Waals surface area contributed by atoms with Gasteiger partial charge in [-0.3, -0.25) is 4.79 Å². The molecule has 1 aromatic heterocycles. The summed E-state index contributed by atoms with van der Waals surface area (Å²) >= 11 is 1.58. The molecule has 2 aliphatic heterocycles. The van der Waals surface area contributed by atoms with Crippen molar-refractivity contribution < 1.29 is 14.3 Å². The van der Waals surface area contributed by atoms with Gasteiger partial charge in [0.25, 0.3) is 0 Å². The SMILES string of the molecule is O=C(Cc1ccc2c(c1)OCO2)Nc1ncc(C2CCNCC2)s1. The van der Waals surface area contributed by atoms with Gasteiger partial charge in [0.1, 0.15) is 0 Å². The monoisotopic (exact) mass is 345 g/mol. The first-order valence-corrected chi connectivity index (χ1v) is 8.94. The van der Waals surface area contributed by atoms with Gasteiger partial charge in [0.05, 0.1) is 6.42 Å². The first-order chi connectivity index (χ1) is 11.8. The zero-order valence-corrected chi connectivity index (χ0v) is 14.0. The number of benzene rings is 1. The molecule has 1 amide bonds. The van der Waals surface area contributed by atoms with Crippen molar-refractivity contribution in [3.63, 3.8) is 0 Å². The van der Waals surface area contributed by atoms with Gasteiger partial charge in [-0.1, -0.05) is 6.07 Å². The van der Waals surface area contributed by atoms with Crippen LogP contribution in [0.5, 0.6) is 11.5 Å². The molecule has 2 N–H and O–H groups in total. The van der Waals surface area contributed by atoms with Crippen molar-refractivity contribution in [2.45, 2.75) is 25.2 Å². The number of hydrogen-bond donors (Lipinski definition) is 2. The lowest BCUT2D eigenvalue weighted by molar-refractivity contribution is -0.115. The maximum absolute atomic E-state index is 12.2. The van der Waals surface area contributed by atoms with Crippen molar-refractivity contribution in [3.05, 3.63) is 34.8 Å². The molecular weight excluding hydrogens is 326 g/mol. The highest BCUT2D eigenvalue weighted by Gasteiger charge is 2.19. The van der Waals surface area contributed by atoms with Crippen molar-refractivity contribution in [2.75, 3.05) is 25.2 Å². The molecule has 7 heteroatoms. The molecule has 0 aliphatic carbocycles. The molecule has 126 valence electrons. The highest BCUT2D eigenvalue weighted by Crippen LogP contribution is 2.33. The number of nitrogens with zero attached hydrogens (tertiary/aromatic N) is 1. The van der Waals surface area contributed by atoms with E-state index in [0.717, 1.165) is 37.2 Å². The molecule has 0 unspecified atom stereocenters. The number of hydrogen-bond acceptors (Lipinski definition) is 6. The normalized spacial score (nSPS) is 17.0. The Morgan fingerprint density at radius 1 is 1.29 bits per heavy atom. The Balaban J connectivity index is 1.36. The minimum Gasteiger partial charge on any atom is -0.454 e. The minimum atomic E-state index is -0.0694. The Morgan fingerprint density at radius 2 is 2.12 bits per heavy atom. The Labute approximate surface area is 144 Å². The van der Waals surface area contributed by atoms with Gasteiger partial charge >= 0.3 is 0 Å². The van der Waals surface area contributed by atoms with Crippen molar-refractivity contribution in [1.82, 2.24) is 10.3 Å². The Kier molecular flexibility index (Phi) is 4.36. The standard InChI is InChI=1S/C17H19N3O3S/c21-16(8-11-1-2-13-14(7-11)23-10-22-13)20-17-19-9-15(24-17)12-3-5-18-6-4-12/h1-2,7,9,12,18H,3-6,8,10H2,(H,19,20,21). The maximum atomic E-state index is 12.2. The fourth-order valence-electron chi connectivity index (χ4n) is 3.04. The lowest BCUT2D eigenvalue weighted by atomic mass is 9.97. The van der Waals surface area contributed by atoms with E-state index in [9.17, 15) is 4.79 Å². The fraction of sp³-hybridized carbons (Fsp3) is 0.412. The molecule has 0 atom stereocenters. The lowest BCUT2D eigenvalue weighted by Crippen LogP contribution is -2.26. The molecule has 1 saturated heterocycles. The number of anilines is 1. The van der Waals surface area contributed by atoms with E-state index >= 15 is 0 Å². The number of fused-ring (bicyclic) bond motifs is 1. The van der Waals surface area contributed by atoms with Crippen LogP contribution in [0.25, 0.3) is 0 Å². The van der Waals surface area contributed by atoms with Crippen LogP contribution in [0.2, 0.25) is 0 Å². The topological polar surface area (TPSA) is 72.5 Å². The number of aromatic nitrogens is 1. The molecule has 6 nitrogen and oxygen atoms in total. The van der Waals surface area contributed by atoms with Gasteiger partial charge in [-0.05, 0) is 49.5 Å². The summed E-state index contributed by atoms with van der Waals surface area (Å²) in [5.41, 5.74) is 0.895. The van der Waals surface area contributed by atoms with Crippen LogP contribution in [0.15, 0.2) is 24.4 Å². The van der Waals surface area contributed by atoms with Crippen molar-refractivity contribution >= 4 is 22.4 Å². The van der Waals surface area contributed by atoms with Crippen LogP contribution in [0.4, 0.5) is 5.13 Å². The summed E-state index contributed by atoms with van der Waals surface area (Å²) in [5, 5.41) is 6.94. The van der Waals surface area contributed by atoms with Gasteiger partial charge in [0, 0.05) is 11.1 Å². The Bertz CT molecular complexity index is 740. The number of nitrogens with one attached hydrogen (secondary N) is 2. The summed E-state index contributed by atoms with van der Waals surface area (Å²) in [6.07, 6.45) is 4.45. The van der Waals surface area contributed by atoms with E-state index in [0.29, 0.717) is 23.2 Å². The molecule has 2 aromatic rings. The molecule has 24 heavy (non-hydrogen) atoms. The molecule has 1 aromatic carbocycles. The maximum Gasteiger partial charge on any atom is 0.231 e. The molecule has 4 rings (SSSR count). The Morgan fingerprint density at radius 3 is 3.00 bits per heavy atom. The second-order valence-electron chi connectivity index (χ2n) is 6.00. The molecule has 1 fully saturated rings. The molecule has 3 heterocycles. The van der Waals surface area contributed by atoms with Crippen LogP contribution in [-0.2, 0) is 11.2 Å². The van der Waals surface area contributed by atoms with E-state index in [-0.39, 0.29) is 12.7 Å². The molecular formula is C17H19N3O3S. The first-order valence-electron chi connectivity index (χ1n) is 8.13. The van der Waals surface area contributed by atoms with Gasteiger partial charge in [0.2, 0.25) is 12.7 Å². The summed E-state index contributed by atoms with van der Waals surface area (Å²) in [6, 6.07) is 5.57. The molecule has 2 aliphatic rings. The van der Waals surface area contributed by atoms with E-state index in [2.05, 4.69) is 15.6 Å². The lowest BCUT2D eigenvalue weighted by Gasteiger charge is -2.20. The zero-order chi connectivity index (χ0) is 16.4. The van der Waals surface area contributed by atoms with E-state index in [1.54, 1.807) is 11.3 Å². The molecule has 0 spiro atoms. The third-order valence-electron chi connectivity index (χ3n) is 4.31. The van der Waals surface area contributed by atoms with Gasteiger partial charge in [-0.15, -0.1) is 11.3 Å². The van der Waals surface area contributed by atoms with E-state index < -0.39 is 0 Å². The third-order valence-corrected chi connectivity index (χ3v) is 5.39. The number of piperidine rings is 1. The second-order valence-corrected chi connectivity index (χ2v) is 7.07. The number of rotatable bonds is 4. The summed E-state index contributed by atoms with van der Waals surface area (Å²) in [4.78, 5) is 17.9. The van der Waals surface area contributed by atoms with Crippen molar-refractivity contribution in [1.29, 1.82) is 0 Å². The Hall–Kier alpha value is -2.12. The zero-order valence-electron chi connectivity index (χ0n) is 13.2. The number of thiazole rings is 1. The van der Waals surface area contributed by atoms with Crippen molar-refractivity contribution in [3.8, 4) is 11.5 Å². The van der Waals surface area contributed by atoms with Crippen molar-refractivity contribution in [2.24, 2.45) is 0 Å². The van der Waals surface area contributed by atoms with E-state index in [1.165, 1.54) is 4.88 Å². The summed E-state index contributed by atoms with van der Waals surface area (Å²) < 4.78 is 10.6. The van der Waals surface area contributed by atoms with Crippen LogP contribution in [0, 0.1) is 0 Å². The molecule has 0 bridgehead atoms. The number of ether oxygens (including phenoxy) is 2. The second kappa shape index (κ2) is 6.78. The summed E-state index contributed by atoms with van der Waals surface area (Å²) in [7, 11) is 0. The van der Waals surface area contributed by atoms with E-state index in [4.69, 9.17) is 9.47 Å². The smallest absolute Gasteiger partial charge is 0.231 e. The average Bonchev–Trinajstić information content (AvgIpc) is 3.24. The highest BCUT2D eigenvalue weighted by molar-refractivity contribution is 7.15. The van der Waals surface area contributed by atoms with Gasteiger partial charge in [-0.25, -0.2) is 4.98 Å². The largest absolute Gasteiger partial charge is 0.454 e. The van der Waals surface area contributed by atoms with E-state index in [1.807, 2.05) is 24.4 Å². The van der Waals surface area contributed by atoms with Crippen LogP contribution < -0.4 is 20.1 Å². The quantitative estimate of drug-likeness (QED) is 0.891. The molecule has 0 saturated carbocycles. The fourth-order valence-corrected chi connectivity index (χ4v) is 4.04. The minimum absolute atomic E-state index is 0.0694. The number of amides is 1. The summed E-state index contributed by atoms with van der Waals surface area (Å²) in [5.74, 6) is 1.91. The predicted octanol–water partition coefficient (Wildman–Crippen LogP) is 2.52.